The maximum absolute atomic E-state index is 12.9. The zero-order valence-corrected chi connectivity index (χ0v) is 33.8. The van der Waals surface area contributed by atoms with Crippen molar-refractivity contribution in [3.63, 3.8) is 0 Å². The predicted octanol–water partition coefficient (Wildman–Crippen LogP) is 4.76. The molecule has 0 bridgehead atoms. The molecular weight excluding hydrogens is 769 g/mol. The molecule has 2 atom stereocenters. The van der Waals surface area contributed by atoms with Crippen molar-refractivity contribution in [2.75, 3.05) is 26.2 Å². The minimum Gasteiger partial charge on any atom is -0.388 e. The van der Waals surface area contributed by atoms with Crippen molar-refractivity contribution in [1.29, 1.82) is 0 Å². The summed E-state index contributed by atoms with van der Waals surface area (Å²) in [5, 5.41) is 15.8. The van der Waals surface area contributed by atoms with Crippen LogP contribution in [0.2, 0.25) is 0 Å². The number of piperidine rings is 2. The molecule has 3 fully saturated rings. The highest BCUT2D eigenvalue weighted by Gasteiger charge is 2.47. The van der Waals surface area contributed by atoms with Crippen LogP contribution >= 0.6 is 11.3 Å². The van der Waals surface area contributed by atoms with Crippen molar-refractivity contribution >= 4 is 50.5 Å². The molecule has 1 aromatic heterocycles. The minimum absolute atomic E-state index is 0.0215. The van der Waals surface area contributed by atoms with Crippen LogP contribution in [0, 0.1) is 0 Å². The largest absolute Gasteiger partial charge is 0.388 e. The van der Waals surface area contributed by atoms with Gasteiger partial charge in [-0.2, -0.15) is 4.31 Å². The topological polar surface area (TPSA) is 168 Å². The Morgan fingerprint density at radius 2 is 1.40 bits per heavy atom. The highest BCUT2D eigenvalue weighted by molar-refractivity contribution is 7.91. The van der Waals surface area contributed by atoms with E-state index in [0.717, 1.165) is 30.4 Å². The summed E-state index contributed by atoms with van der Waals surface area (Å²) < 4.78 is 33.5. The van der Waals surface area contributed by atoms with Crippen LogP contribution in [0.3, 0.4) is 0 Å². The number of carbonyl (C=O) groups excluding carboxylic acids is 3. The standard InChI is InChI=1S/C24H29N3O5S2.C17H21N3O3/c28-23(25-19-8-4-9-21(19)31-17-18-6-2-1-3-7-18)20-16-24(32-26-20)11-13-27(14-12-24)34(29,30)22-10-5-15-33-22;1-13(21)20-9-7-17(8-10-20)11-15(19-23-17)16(22)18-12-14-5-3-2-4-6-14/h1-3,5-7,10,15,19,21H,4,8-9,11-14,16-17H2,(H,25,28);2-6H,7-12H2,1H3,(H,18,22). The number of nitrogens with zero attached hydrogens (tertiary/aromatic N) is 4. The average molecular weight is 819 g/mol. The van der Waals surface area contributed by atoms with Crippen molar-refractivity contribution < 1.29 is 37.2 Å². The van der Waals surface area contributed by atoms with E-state index in [1.54, 1.807) is 24.4 Å². The first-order valence-electron chi connectivity index (χ1n) is 19.6. The molecule has 1 aliphatic carbocycles. The van der Waals surface area contributed by atoms with Crippen molar-refractivity contribution in [2.45, 2.75) is 105 Å². The molecule has 5 aliphatic rings. The van der Waals surface area contributed by atoms with Gasteiger partial charge in [-0.15, -0.1) is 11.3 Å². The van der Waals surface area contributed by atoms with Gasteiger partial charge in [0.1, 0.15) is 26.8 Å². The smallest absolute Gasteiger partial charge is 0.269 e. The second-order valence-corrected chi connectivity index (χ2v) is 18.4. The molecule has 304 valence electrons. The molecule has 2 N–H and O–H groups in total. The van der Waals surface area contributed by atoms with Gasteiger partial charge in [0.2, 0.25) is 5.91 Å². The number of carbonyl (C=O) groups is 3. The predicted molar refractivity (Wildman–Crippen MR) is 215 cm³/mol. The van der Waals surface area contributed by atoms with Crippen LogP contribution in [0.15, 0.2) is 92.7 Å². The van der Waals surface area contributed by atoms with Crippen LogP contribution in [0.4, 0.5) is 0 Å². The maximum atomic E-state index is 12.9. The van der Waals surface area contributed by atoms with Gasteiger partial charge < -0.3 is 29.9 Å². The Balaban J connectivity index is 0.000000188. The zero-order valence-electron chi connectivity index (χ0n) is 32.1. The molecular formula is C41H50N6O8S2. The number of hydrogen-bond acceptors (Lipinski definition) is 11. The Labute approximate surface area is 337 Å². The van der Waals surface area contributed by atoms with Gasteiger partial charge in [-0.1, -0.05) is 77.0 Å². The second-order valence-electron chi connectivity index (χ2n) is 15.3. The molecule has 8 rings (SSSR count). The fraction of sp³-hybridized carbons (Fsp3) is 0.488. The van der Waals surface area contributed by atoms with Gasteiger partial charge in [-0.05, 0) is 41.8 Å². The summed E-state index contributed by atoms with van der Waals surface area (Å²) in [4.78, 5) is 49.7. The van der Waals surface area contributed by atoms with E-state index in [1.807, 2.05) is 65.6 Å². The number of hydrogen-bond donors (Lipinski definition) is 2. The lowest BCUT2D eigenvalue weighted by atomic mass is 9.86. The van der Waals surface area contributed by atoms with Crippen molar-refractivity contribution in [2.24, 2.45) is 10.3 Å². The fourth-order valence-electron chi connectivity index (χ4n) is 7.92. The van der Waals surface area contributed by atoms with Gasteiger partial charge in [0.25, 0.3) is 21.8 Å². The number of sulfonamides is 1. The minimum atomic E-state index is -3.48. The van der Waals surface area contributed by atoms with Gasteiger partial charge in [-0.25, -0.2) is 8.42 Å². The number of amides is 3. The summed E-state index contributed by atoms with van der Waals surface area (Å²) in [5.74, 6) is -0.315. The van der Waals surface area contributed by atoms with Gasteiger partial charge in [0, 0.05) is 78.2 Å². The SMILES string of the molecule is CC(=O)N1CCC2(CC1)CC(C(=O)NCc1ccccc1)=NO2.O=C(NC1CCCC1OCc1ccccc1)C1=NOC2(CCN(S(=O)(=O)c3cccs3)CC2)C1. The lowest BCUT2D eigenvalue weighted by Crippen LogP contribution is -2.48. The molecule has 2 aromatic carbocycles. The van der Waals surface area contributed by atoms with E-state index >= 15 is 0 Å². The first kappa shape index (κ1) is 40.6. The summed E-state index contributed by atoms with van der Waals surface area (Å²) in [6, 6.07) is 23.1. The molecule has 16 heteroatoms. The Bertz CT molecular complexity index is 2030. The monoisotopic (exact) mass is 818 g/mol. The fourth-order valence-corrected chi connectivity index (χ4v) is 10.5. The quantitative estimate of drug-likeness (QED) is 0.295. The van der Waals surface area contributed by atoms with Crippen LogP contribution in [-0.4, -0.2) is 96.3 Å². The zero-order chi connectivity index (χ0) is 39.9. The normalized spacial score (nSPS) is 22.4. The third-order valence-electron chi connectivity index (χ3n) is 11.4. The molecule has 57 heavy (non-hydrogen) atoms. The van der Waals surface area contributed by atoms with E-state index in [4.69, 9.17) is 14.4 Å². The number of rotatable bonds is 10. The van der Waals surface area contributed by atoms with Gasteiger partial charge >= 0.3 is 0 Å². The number of benzene rings is 2. The average Bonchev–Trinajstić information content (AvgIpc) is 4.07. The molecule has 4 aliphatic heterocycles. The summed E-state index contributed by atoms with van der Waals surface area (Å²) in [6.45, 7) is 4.59. The third kappa shape index (κ3) is 9.91. The van der Waals surface area contributed by atoms with Gasteiger partial charge in [-0.3, -0.25) is 14.4 Å². The lowest BCUT2D eigenvalue weighted by Gasteiger charge is -2.36. The number of thiophene rings is 1. The molecule has 3 amide bonds. The first-order valence-corrected chi connectivity index (χ1v) is 21.9. The van der Waals surface area contributed by atoms with Crippen LogP contribution in [0.1, 0.15) is 75.8 Å². The Kier molecular flexibility index (Phi) is 12.7. The second kappa shape index (κ2) is 17.9. The van der Waals surface area contributed by atoms with E-state index < -0.39 is 21.2 Å². The number of oxime groups is 2. The first-order chi connectivity index (χ1) is 27.5. The lowest BCUT2D eigenvalue weighted by molar-refractivity contribution is -0.134. The van der Waals surface area contributed by atoms with Crippen molar-refractivity contribution in [3.05, 3.63) is 89.3 Å². The van der Waals surface area contributed by atoms with Crippen molar-refractivity contribution in [3.8, 4) is 0 Å². The Morgan fingerprint density at radius 1 is 0.807 bits per heavy atom. The molecule has 2 unspecified atom stereocenters. The van der Waals surface area contributed by atoms with Crippen LogP contribution < -0.4 is 10.6 Å². The van der Waals surface area contributed by atoms with E-state index in [1.165, 1.54) is 15.6 Å². The van der Waals surface area contributed by atoms with E-state index in [2.05, 4.69) is 20.9 Å². The molecule has 2 spiro atoms. The van der Waals surface area contributed by atoms with Crippen LogP contribution in [0.25, 0.3) is 0 Å². The third-order valence-corrected chi connectivity index (χ3v) is 14.7. The molecule has 0 radical (unpaired) electrons. The van der Waals surface area contributed by atoms with E-state index in [-0.39, 0.29) is 29.9 Å². The Morgan fingerprint density at radius 3 is 2.00 bits per heavy atom. The summed E-state index contributed by atoms with van der Waals surface area (Å²) in [6.07, 6.45) is 6.12. The van der Waals surface area contributed by atoms with Crippen LogP contribution in [0.5, 0.6) is 0 Å². The number of likely N-dealkylation sites (tertiary alicyclic amines) is 1. The molecule has 2 saturated heterocycles. The van der Waals surface area contributed by atoms with Gasteiger partial charge in [0.15, 0.2) is 0 Å². The Hall–Kier alpha value is -4.64. The van der Waals surface area contributed by atoms with Gasteiger partial charge in [0.05, 0.1) is 18.8 Å². The maximum Gasteiger partial charge on any atom is 0.269 e. The summed E-state index contributed by atoms with van der Waals surface area (Å²) >= 11 is 1.22. The number of ether oxygens (including phenoxy) is 1. The molecule has 14 nitrogen and oxygen atoms in total. The molecule has 1 saturated carbocycles. The molecule has 5 heterocycles. The highest BCUT2D eigenvalue weighted by atomic mass is 32.2. The van der Waals surface area contributed by atoms with E-state index in [0.29, 0.717) is 93.5 Å². The summed E-state index contributed by atoms with van der Waals surface area (Å²) in [7, 11) is -3.48. The number of nitrogens with one attached hydrogen (secondary N) is 2. The van der Waals surface area contributed by atoms with Crippen molar-refractivity contribution in [1.82, 2.24) is 19.8 Å². The highest BCUT2D eigenvalue weighted by Crippen LogP contribution is 2.37. The van der Waals surface area contributed by atoms with Crippen LogP contribution in [-0.2, 0) is 52.0 Å². The van der Waals surface area contributed by atoms with E-state index in [9.17, 15) is 22.8 Å². The molecule has 3 aromatic rings. The summed E-state index contributed by atoms with van der Waals surface area (Å²) in [5.41, 5.74) is 1.96.